The van der Waals surface area contributed by atoms with Crippen molar-refractivity contribution in [3.63, 3.8) is 0 Å². The molecule has 0 aromatic heterocycles. The van der Waals surface area contributed by atoms with Crippen LogP contribution in [0.4, 0.5) is 0 Å². The van der Waals surface area contributed by atoms with Gasteiger partial charge in [0.1, 0.15) is 0 Å². The molecule has 5 rings (SSSR count). The minimum atomic E-state index is -0.218. The first-order valence-electron chi connectivity index (χ1n) is 8.41. The molecule has 0 radical (unpaired) electrons. The molecule has 120 valence electrons. The van der Waals surface area contributed by atoms with E-state index in [0.717, 1.165) is 15.8 Å². The Morgan fingerprint density at radius 2 is 1.52 bits per heavy atom. The summed E-state index contributed by atoms with van der Waals surface area (Å²) in [7, 11) is -0.218. The monoisotopic (exact) mass is 340 g/mol. The average molecular weight is 340 g/mol. The third-order valence-electron chi connectivity index (χ3n) is 4.81. The predicted octanol–water partition coefficient (Wildman–Crippen LogP) is 5.64. The molecule has 1 aliphatic heterocycles. The highest BCUT2D eigenvalue weighted by molar-refractivity contribution is 8.16. The first-order valence-corrected chi connectivity index (χ1v) is 9.63. The molecule has 3 aromatic carbocycles. The van der Waals surface area contributed by atoms with Gasteiger partial charge in [0.15, 0.2) is 5.78 Å². The molecule has 2 unspecified atom stereocenters. The van der Waals surface area contributed by atoms with E-state index in [9.17, 15) is 4.79 Å². The zero-order valence-corrected chi connectivity index (χ0v) is 14.4. The summed E-state index contributed by atoms with van der Waals surface area (Å²) in [6, 6.07) is 23.1. The molecule has 2 heteroatoms. The van der Waals surface area contributed by atoms with Crippen molar-refractivity contribution in [2.45, 2.75) is 9.79 Å². The Bertz CT molecular complexity index is 1100. The second kappa shape index (κ2) is 5.68. The quantitative estimate of drug-likeness (QED) is 0.524. The lowest BCUT2D eigenvalue weighted by atomic mass is 9.90. The van der Waals surface area contributed by atoms with Crippen LogP contribution < -0.4 is 0 Å². The van der Waals surface area contributed by atoms with Crippen LogP contribution in [0.15, 0.2) is 101 Å². The Hall–Kier alpha value is -2.71. The van der Waals surface area contributed by atoms with Crippen molar-refractivity contribution in [3.8, 4) is 0 Å². The van der Waals surface area contributed by atoms with E-state index in [0.29, 0.717) is 0 Å². The van der Waals surface area contributed by atoms with Gasteiger partial charge in [-0.3, -0.25) is 4.79 Å². The summed E-state index contributed by atoms with van der Waals surface area (Å²) < 4.78 is 0. The highest BCUT2D eigenvalue weighted by Gasteiger charge is 2.32. The molecule has 0 fully saturated rings. The van der Waals surface area contributed by atoms with Crippen LogP contribution in [0.25, 0.3) is 10.8 Å². The van der Waals surface area contributed by atoms with E-state index in [2.05, 4.69) is 60.7 Å². The van der Waals surface area contributed by atoms with Crippen LogP contribution in [0.1, 0.15) is 10.4 Å². The molecule has 0 spiro atoms. The topological polar surface area (TPSA) is 17.1 Å². The van der Waals surface area contributed by atoms with Crippen LogP contribution in [0.5, 0.6) is 0 Å². The van der Waals surface area contributed by atoms with Crippen LogP contribution in [-0.2, 0) is 0 Å². The van der Waals surface area contributed by atoms with Gasteiger partial charge in [0, 0.05) is 15.4 Å². The Morgan fingerprint density at radius 3 is 2.32 bits per heavy atom. The van der Waals surface area contributed by atoms with Gasteiger partial charge in [-0.2, -0.15) is 0 Å². The molecule has 0 N–H and O–H groups in total. The standard InChI is InChI=1S/C23H16OS/c24-23-19-12-6-7-13-21(19)25(18-10-2-1-3-11-18)22-15-17-9-5-4-8-16(17)14-20(22)23/h1-15,19H. The minimum absolute atomic E-state index is 0.137. The molecule has 0 bridgehead atoms. The maximum absolute atomic E-state index is 13.2. The molecule has 1 heterocycles. The lowest BCUT2D eigenvalue weighted by molar-refractivity contribution is 0.0969. The van der Waals surface area contributed by atoms with Gasteiger partial charge >= 0.3 is 0 Å². The number of ketones is 1. The lowest BCUT2D eigenvalue weighted by Crippen LogP contribution is -2.27. The third kappa shape index (κ3) is 2.25. The molecule has 0 saturated heterocycles. The van der Waals surface area contributed by atoms with Crippen LogP contribution in [-0.4, -0.2) is 10.6 Å². The van der Waals surface area contributed by atoms with Gasteiger partial charge in [-0.05, 0) is 39.9 Å². The van der Waals surface area contributed by atoms with Gasteiger partial charge in [0.05, 0.1) is 5.92 Å². The van der Waals surface area contributed by atoms with Gasteiger partial charge in [-0.15, -0.1) is 10.5 Å². The minimum Gasteiger partial charge on any atom is -0.293 e. The third-order valence-corrected chi connectivity index (χ3v) is 7.19. The van der Waals surface area contributed by atoms with Gasteiger partial charge in [-0.1, -0.05) is 66.8 Å². The molecular weight excluding hydrogens is 324 g/mol. The van der Waals surface area contributed by atoms with E-state index in [1.54, 1.807) is 0 Å². The summed E-state index contributed by atoms with van der Waals surface area (Å²) in [5.41, 5.74) is 0.875. The molecule has 2 atom stereocenters. The zero-order valence-electron chi connectivity index (χ0n) is 13.6. The second-order valence-corrected chi connectivity index (χ2v) is 8.30. The van der Waals surface area contributed by atoms with Crippen LogP contribution in [0, 0.1) is 5.92 Å². The van der Waals surface area contributed by atoms with E-state index in [1.165, 1.54) is 15.1 Å². The summed E-state index contributed by atoms with van der Waals surface area (Å²) in [5.74, 6) is 0.0817. The van der Waals surface area contributed by atoms with Crippen molar-refractivity contribution in [3.05, 3.63) is 96.6 Å². The first kappa shape index (κ1) is 14.6. The summed E-state index contributed by atoms with van der Waals surface area (Å²) >= 11 is 0. The van der Waals surface area contributed by atoms with Gasteiger partial charge < -0.3 is 0 Å². The molecule has 1 nitrogen and oxygen atoms in total. The van der Waals surface area contributed by atoms with E-state index in [4.69, 9.17) is 0 Å². The fourth-order valence-electron chi connectivity index (χ4n) is 3.63. The molecule has 0 saturated carbocycles. The molecule has 25 heavy (non-hydrogen) atoms. The predicted molar refractivity (Wildman–Crippen MR) is 106 cm³/mol. The summed E-state index contributed by atoms with van der Waals surface area (Å²) in [6.07, 6.45) is 8.22. The number of benzene rings is 3. The normalized spacial score (nSPS) is 21.3. The summed E-state index contributed by atoms with van der Waals surface area (Å²) in [4.78, 5) is 16.8. The van der Waals surface area contributed by atoms with Crippen LogP contribution in [0.3, 0.4) is 0 Å². The smallest absolute Gasteiger partial charge is 0.175 e. The zero-order chi connectivity index (χ0) is 16.8. The van der Waals surface area contributed by atoms with E-state index < -0.39 is 0 Å². The van der Waals surface area contributed by atoms with E-state index in [-0.39, 0.29) is 22.2 Å². The van der Waals surface area contributed by atoms with Crippen LogP contribution >= 0.6 is 10.5 Å². The summed E-state index contributed by atoms with van der Waals surface area (Å²) in [5, 5.41) is 2.32. The second-order valence-electron chi connectivity index (χ2n) is 6.30. The molecule has 1 aliphatic carbocycles. The molecule has 2 aliphatic rings. The Labute approximate surface area is 149 Å². The maximum Gasteiger partial charge on any atom is 0.175 e. The van der Waals surface area contributed by atoms with Crippen molar-refractivity contribution in [2.24, 2.45) is 5.92 Å². The van der Waals surface area contributed by atoms with E-state index in [1.807, 2.05) is 30.4 Å². The highest BCUT2D eigenvalue weighted by Crippen LogP contribution is 2.47. The number of Topliss-reactive ketones (excluding diaryl/α,β-unsaturated/α-hetero) is 1. The first-order chi connectivity index (χ1) is 12.3. The van der Waals surface area contributed by atoms with Crippen molar-refractivity contribution < 1.29 is 4.79 Å². The Balaban J connectivity index is 1.89. The van der Waals surface area contributed by atoms with Crippen molar-refractivity contribution >= 4 is 31.9 Å². The number of hydrogen-bond acceptors (Lipinski definition) is 1. The number of allylic oxidation sites excluding steroid dienone is 4. The van der Waals surface area contributed by atoms with Crippen molar-refractivity contribution in [2.75, 3.05) is 0 Å². The van der Waals surface area contributed by atoms with E-state index >= 15 is 0 Å². The number of fused-ring (bicyclic) bond motifs is 3. The lowest BCUT2D eigenvalue weighted by Gasteiger charge is -2.29. The number of rotatable bonds is 1. The van der Waals surface area contributed by atoms with Gasteiger partial charge in [0.25, 0.3) is 0 Å². The summed E-state index contributed by atoms with van der Waals surface area (Å²) in [6.45, 7) is 0. The number of carbonyl (C=O) groups is 1. The largest absolute Gasteiger partial charge is 0.293 e. The maximum atomic E-state index is 13.2. The van der Waals surface area contributed by atoms with Gasteiger partial charge in [0.2, 0.25) is 0 Å². The van der Waals surface area contributed by atoms with Crippen LogP contribution in [0.2, 0.25) is 0 Å². The van der Waals surface area contributed by atoms with Gasteiger partial charge in [-0.25, -0.2) is 0 Å². The molecule has 0 amide bonds. The SMILES string of the molecule is O=C1c2cc3ccccc3cc2S(c2ccccc2)=C2C=CC=CC12. The van der Waals surface area contributed by atoms with Crippen molar-refractivity contribution in [1.82, 2.24) is 0 Å². The highest BCUT2D eigenvalue weighted by atomic mass is 32.2. The van der Waals surface area contributed by atoms with Crippen molar-refractivity contribution in [1.29, 1.82) is 0 Å². The number of hydrogen-bond donors (Lipinski definition) is 0. The Morgan fingerprint density at radius 1 is 0.800 bits per heavy atom. The molecule has 3 aromatic rings. The fourth-order valence-corrected chi connectivity index (χ4v) is 6.12. The number of carbonyl (C=O) groups excluding carboxylic acids is 1. The molecular formula is C23H16OS. The fraction of sp³-hybridized carbons (Fsp3) is 0.0435. The Kier molecular flexibility index (Phi) is 3.32. The average Bonchev–Trinajstić information content (AvgIpc) is 2.68.